The third kappa shape index (κ3) is 3.58. The van der Waals surface area contributed by atoms with Crippen LogP contribution in [0.2, 0.25) is 0 Å². The van der Waals surface area contributed by atoms with Crippen LogP contribution in [0.25, 0.3) is 0 Å². The topological polar surface area (TPSA) is 0 Å². The van der Waals surface area contributed by atoms with Crippen LogP contribution in [-0.4, -0.2) is 38.6 Å². The van der Waals surface area contributed by atoms with Crippen molar-refractivity contribution >= 4 is 49.4 Å². The molecule has 0 aliphatic carbocycles. The van der Waals surface area contributed by atoms with E-state index in [1.165, 1.54) is 10.7 Å². The Kier molecular flexibility index (Phi) is 5.97. The SMILES string of the molecule is [Li].c1cc[c]([Sn]([c]2ccccc2)[c]2ccccc2)cc1. The van der Waals surface area contributed by atoms with E-state index in [0.29, 0.717) is 0 Å². The molecule has 0 unspecified atom stereocenters. The molecule has 2 radical (unpaired) electrons. The average Bonchev–Trinajstić information content (AvgIpc) is 2.51. The van der Waals surface area contributed by atoms with Crippen molar-refractivity contribution in [2.24, 2.45) is 0 Å². The van der Waals surface area contributed by atoms with Crippen molar-refractivity contribution in [1.29, 1.82) is 0 Å². The third-order valence-electron chi connectivity index (χ3n) is 3.19. The summed E-state index contributed by atoms with van der Waals surface area (Å²) in [5.74, 6) is 0. The van der Waals surface area contributed by atoms with Gasteiger partial charge in [-0.3, -0.25) is 0 Å². The predicted molar refractivity (Wildman–Crippen MR) is 89.7 cm³/mol. The van der Waals surface area contributed by atoms with Crippen LogP contribution in [0.1, 0.15) is 0 Å². The first-order valence-corrected chi connectivity index (χ1v) is 10.8. The van der Waals surface area contributed by atoms with Gasteiger partial charge < -0.3 is 0 Å². The van der Waals surface area contributed by atoms with Crippen LogP contribution in [0.3, 0.4) is 0 Å². The first-order chi connectivity index (χ1) is 9.45. The van der Waals surface area contributed by atoms with E-state index in [1.54, 1.807) is 0 Å². The summed E-state index contributed by atoms with van der Waals surface area (Å²) < 4.78 is 4.59. The molecular weight excluding hydrogens is 342 g/mol. The Labute approximate surface area is 139 Å². The molecule has 0 saturated heterocycles. The van der Waals surface area contributed by atoms with E-state index in [-0.39, 0.29) is 18.9 Å². The summed E-state index contributed by atoms with van der Waals surface area (Å²) in [6.07, 6.45) is 0. The molecule has 0 saturated carbocycles. The quantitative estimate of drug-likeness (QED) is 0.628. The van der Waals surface area contributed by atoms with Crippen LogP contribution in [0.15, 0.2) is 91.0 Å². The number of benzene rings is 3. The molecule has 3 aromatic rings. The zero-order valence-corrected chi connectivity index (χ0v) is 14.5. The van der Waals surface area contributed by atoms with E-state index in [1.807, 2.05) is 0 Å². The molecule has 0 aromatic heterocycles. The van der Waals surface area contributed by atoms with Crippen LogP contribution in [0, 0.1) is 0 Å². The van der Waals surface area contributed by atoms with E-state index >= 15 is 0 Å². The van der Waals surface area contributed by atoms with Crippen LogP contribution < -0.4 is 10.7 Å². The van der Waals surface area contributed by atoms with Crippen LogP contribution in [-0.2, 0) is 0 Å². The van der Waals surface area contributed by atoms with Gasteiger partial charge in [0.1, 0.15) is 0 Å². The molecule has 92 valence electrons. The van der Waals surface area contributed by atoms with Gasteiger partial charge in [0.15, 0.2) is 0 Å². The number of hydrogen-bond donors (Lipinski definition) is 0. The molecule has 3 rings (SSSR count). The molecule has 20 heavy (non-hydrogen) atoms. The maximum absolute atomic E-state index is 2.29. The molecule has 0 fully saturated rings. The zero-order chi connectivity index (χ0) is 12.9. The van der Waals surface area contributed by atoms with Gasteiger partial charge >= 0.3 is 121 Å². The van der Waals surface area contributed by atoms with Crippen molar-refractivity contribution in [3.05, 3.63) is 91.0 Å². The maximum atomic E-state index is 2.29. The average molecular weight is 357 g/mol. The summed E-state index contributed by atoms with van der Waals surface area (Å²) in [6, 6.07) is 32.9. The molecule has 3 aromatic carbocycles. The van der Waals surface area contributed by atoms with Gasteiger partial charge in [-0.05, 0) is 0 Å². The van der Waals surface area contributed by atoms with Gasteiger partial charge in [-0.1, -0.05) is 0 Å². The summed E-state index contributed by atoms with van der Waals surface area (Å²) in [4.78, 5) is 0. The summed E-state index contributed by atoms with van der Waals surface area (Å²) in [5, 5.41) is 0. The van der Waals surface area contributed by atoms with Gasteiger partial charge in [-0.2, -0.15) is 0 Å². The first-order valence-electron chi connectivity index (χ1n) is 6.48. The second kappa shape index (κ2) is 7.74. The molecule has 2 heteroatoms. The minimum atomic E-state index is -1.98. The van der Waals surface area contributed by atoms with Crippen molar-refractivity contribution in [2.45, 2.75) is 0 Å². The number of hydrogen-bond acceptors (Lipinski definition) is 0. The van der Waals surface area contributed by atoms with Gasteiger partial charge in [-0.25, -0.2) is 0 Å². The molecule has 0 aliphatic heterocycles. The van der Waals surface area contributed by atoms with E-state index < -0.39 is 19.8 Å². The van der Waals surface area contributed by atoms with Gasteiger partial charge in [0.25, 0.3) is 0 Å². The molecule has 0 aliphatic rings. The Balaban J connectivity index is 0.00000147. The van der Waals surface area contributed by atoms with Crippen molar-refractivity contribution in [3.8, 4) is 0 Å². The Morgan fingerprint density at radius 1 is 0.400 bits per heavy atom. The normalized spacial score (nSPS) is 10.1. The Bertz CT molecular complexity index is 529. The summed E-state index contributed by atoms with van der Waals surface area (Å²) in [5.41, 5.74) is 0. The fourth-order valence-corrected chi connectivity index (χ4v) is 9.67. The van der Waals surface area contributed by atoms with E-state index in [9.17, 15) is 0 Å². The molecule has 0 spiro atoms. The van der Waals surface area contributed by atoms with E-state index in [2.05, 4.69) is 91.0 Å². The second-order valence-corrected chi connectivity index (χ2v) is 11.6. The Morgan fingerprint density at radius 3 is 0.900 bits per heavy atom. The molecule has 0 amide bonds. The monoisotopic (exact) mass is 358 g/mol. The van der Waals surface area contributed by atoms with Gasteiger partial charge in [0.05, 0.1) is 0 Å². The molecular formula is C18H15LiSn. The summed E-state index contributed by atoms with van der Waals surface area (Å²) >= 11 is -1.98. The van der Waals surface area contributed by atoms with Crippen LogP contribution in [0.4, 0.5) is 0 Å². The molecule has 0 heterocycles. The standard InChI is InChI=1S/3C6H5.Li.Sn/c3*1-2-4-6-5-3-1;;/h3*1-5H;;. The summed E-state index contributed by atoms with van der Waals surface area (Å²) in [6.45, 7) is 0. The van der Waals surface area contributed by atoms with Gasteiger partial charge in [0.2, 0.25) is 0 Å². The van der Waals surface area contributed by atoms with Crippen molar-refractivity contribution in [3.63, 3.8) is 0 Å². The predicted octanol–water partition coefficient (Wildman–Crippen LogP) is 1.82. The number of rotatable bonds is 3. The van der Waals surface area contributed by atoms with Crippen LogP contribution in [0.5, 0.6) is 0 Å². The fourth-order valence-electron chi connectivity index (χ4n) is 2.31. The van der Waals surface area contributed by atoms with Crippen molar-refractivity contribution < 1.29 is 0 Å². The van der Waals surface area contributed by atoms with Gasteiger partial charge in [0, 0.05) is 18.9 Å². The Hall–Kier alpha value is -0.944. The second-order valence-electron chi connectivity index (χ2n) is 4.47. The Morgan fingerprint density at radius 2 is 0.650 bits per heavy atom. The van der Waals surface area contributed by atoms with Crippen LogP contribution >= 0.6 is 0 Å². The molecule has 0 bridgehead atoms. The first kappa shape index (κ1) is 15.4. The molecule has 0 atom stereocenters. The molecule has 0 nitrogen and oxygen atoms in total. The van der Waals surface area contributed by atoms with Crippen molar-refractivity contribution in [1.82, 2.24) is 0 Å². The van der Waals surface area contributed by atoms with Gasteiger partial charge in [-0.15, -0.1) is 0 Å². The fraction of sp³-hybridized carbons (Fsp3) is 0. The zero-order valence-electron chi connectivity index (χ0n) is 11.7. The van der Waals surface area contributed by atoms with Crippen molar-refractivity contribution in [2.75, 3.05) is 0 Å². The van der Waals surface area contributed by atoms with E-state index in [0.717, 1.165) is 0 Å². The van der Waals surface area contributed by atoms with E-state index in [4.69, 9.17) is 0 Å². The summed E-state index contributed by atoms with van der Waals surface area (Å²) in [7, 11) is 0. The molecule has 0 N–H and O–H groups in total. The third-order valence-corrected chi connectivity index (χ3v) is 11.0. The minimum absolute atomic E-state index is 0.